The normalized spacial score (nSPS) is 15.0. The quantitative estimate of drug-likeness (QED) is 0.572. The van der Waals surface area contributed by atoms with E-state index in [0.29, 0.717) is 24.0 Å². The topological polar surface area (TPSA) is 88.6 Å². The standard InChI is InChI=1S/C20H18ClF3N6O/c1-11-16(20(22,23)24)18(29(2)28-11)30-9-13(8-26-30)12-3-4-15(21)14(7-12)17(31)27-19(10-25)5-6-19/h3-4,7-10,25H,5-6H2,1-2H3,(H,27,31). The zero-order valence-electron chi connectivity index (χ0n) is 16.6. The molecule has 0 radical (unpaired) electrons. The summed E-state index contributed by atoms with van der Waals surface area (Å²) in [5.41, 5.74) is -0.340. The van der Waals surface area contributed by atoms with Crippen molar-refractivity contribution in [1.29, 1.82) is 5.41 Å². The van der Waals surface area contributed by atoms with Crippen molar-refractivity contribution in [3.05, 3.63) is 52.4 Å². The molecular weight excluding hydrogens is 433 g/mol. The first-order chi connectivity index (χ1) is 14.5. The lowest BCUT2D eigenvalue weighted by Gasteiger charge is -2.13. The predicted molar refractivity (Wildman–Crippen MR) is 109 cm³/mol. The number of alkyl halides is 3. The highest BCUT2D eigenvalue weighted by Crippen LogP contribution is 2.37. The van der Waals surface area contributed by atoms with E-state index in [0.717, 1.165) is 9.36 Å². The first-order valence-corrected chi connectivity index (χ1v) is 9.72. The summed E-state index contributed by atoms with van der Waals surface area (Å²) < 4.78 is 42.8. The van der Waals surface area contributed by atoms with Gasteiger partial charge in [-0.25, -0.2) is 4.68 Å². The van der Waals surface area contributed by atoms with Crippen LogP contribution in [-0.2, 0) is 13.2 Å². The SMILES string of the molecule is Cc1nn(C)c(-n2cc(-c3ccc(Cl)c(C(=O)NC4(C=N)CC4)c3)cn2)c1C(F)(F)F. The van der Waals surface area contributed by atoms with Crippen LogP contribution < -0.4 is 5.32 Å². The fourth-order valence-electron chi connectivity index (χ4n) is 3.44. The molecule has 31 heavy (non-hydrogen) atoms. The van der Waals surface area contributed by atoms with Gasteiger partial charge in [-0.05, 0) is 37.5 Å². The highest BCUT2D eigenvalue weighted by molar-refractivity contribution is 6.34. The second kappa shape index (κ2) is 7.23. The molecule has 0 spiro atoms. The third kappa shape index (κ3) is 3.83. The molecule has 3 aromatic rings. The molecule has 0 atom stereocenters. The summed E-state index contributed by atoms with van der Waals surface area (Å²) in [7, 11) is 1.42. The third-order valence-electron chi connectivity index (χ3n) is 5.25. The molecular formula is C20H18ClF3N6O. The van der Waals surface area contributed by atoms with Crippen LogP contribution in [0.4, 0.5) is 13.2 Å². The maximum Gasteiger partial charge on any atom is 0.421 e. The van der Waals surface area contributed by atoms with E-state index in [1.54, 1.807) is 18.2 Å². The van der Waals surface area contributed by atoms with Crippen molar-refractivity contribution >= 4 is 23.7 Å². The number of aryl methyl sites for hydroxylation is 2. The zero-order chi connectivity index (χ0) is 22.6. The Morgan fingerprint density at radius 3 is 2.65 bits per heavy atom. The Morgan fingerprint density at radius 2 is 2.03 bits per heavy atom. The van der Waals surface area contributed by atoms with E-state index in [-0.39, 0.29) is 22.1 Å². The summed E-state index contributed by atoms with van der Waals surface area (Å²) in [4.78, 5) is 12.6. The van der Waals surface area contributed by atoms with E-state index >= 15 is 0 Å². The van der Waals surface area contributed by atoms with Crippen molar-refractivity contribution in [2.45, 2.75) is 31.5 Å². The van der Waals surface area contributed by atoms with Crippen LogP contribution in [0.5, 0.6) is 0 Å². The monoisotopic (exact) mass is 450 g/mol. The van der Waals surface area contributed by atoms with E-state index in [4.69, 9.17) is 17.0 Å². The van der Waals surface area contributed by atoms with E-state index in [1.807, 2.05) is 0 Å². The molecule has 11 heteroatoms. The first-order valence-electron chi connectivity index (χ1n) is 9.34. The molecule has 7 nitrogen and oxygen atoms in total. The van der Waals surface area contributed by atoms with Crippen LogP contribution in [-0.4, -0.2) is 37.2 Å². The number of nitrogens with one attached hydrogen (secondary N) is 2. The second-order valence-corrected chi connectivity index (χ2v) is 7.94. The predicted octanol–water partition coefficient (Wildman–Crippen LogP) is 4.17. The molecule has 2 aromatic heterocycles. The Morgan fingerprint density at radius 1 is 1.32 bits per heavy atom. The second-order valence-electron chi connectivity index (χ2n) is 7.53. The lowest BCUT2D eigenvalue weighted by atomic mass is 10.1. The number of carbonyl (C=O) groups excluding carboxylic acids is 1. The molecule has 0 unspecified atom stereocenters. The van der Waals surface area contributed by atoms with Gasteiger partial charge >= 0.3 is 6.18 Å². The van der Waals surface area contributed by atoms with Gasteiger partial charge in [0.2, 0.25) is 0 Å². The number of hydrogen-bond acceptors (Lipinski definition) is 4. The summed E-state index contributed by atoms with van der Waals surface area (Å²) in [6, 6.07) is 4.75. The molecule has 1 amide bonds. The first kappa shape index (κ1) is 21.1. The van der Waals surface area contributed by atoms with Gasteiger partial charge in [-0.3, -0.25) is 9.48 Å². The van der Waals surface area contributed by atoms with Crippen LogP contribution in [0.3, 0.4) is 0 Å². The van der Waals surface area contributed by atoms with Gasteiger partial charge in [0.15, 0.2) is 5.82 Å². The minimum Gasteiger partial charge on any atom is -0.342 e. The number of rotatable bonds is 5. The van der Waals surface area contributed by atoms with Gasteiger partial charge in [0.05, 0.1) is 28.0 Å². The minimum absolute atomic E-state index is 0.146. The van der Waals surface area contributed by atoms with Gasteiger partial charge in [-0.15, -0.1) is 0 Å². The highest BCUT2D eigenvalue weighted by atomic mass is 35.5. The van der Waals surface area contributed by atoms with Crippen molar-refractivity contribution < 1.29 is 18.0 Å². The highest BCUT2D eigenvalue weighted by Gasteiger charge is 2.42. The van der Waals surface area contributed by atoms with Gasteiger partial charge in [-0.2, -0.15) is 23.4 Å². The molecule has 1 saturated carbocycles. The van der Waals surface area contributed by atoms with Gasteiger partial charge in [0.25, 0.3) is 5.91 Å². The van der Waals surface area contributed by atoms with Crippen molar-refractivity contribution in [1.82, 2.24) is 24.9 Å². The molecule has 0 aliphatic heterocycles. The molecule has 2 heterocycles. The summed E-state index contributed by atoms with van der Waals surface area (Å²) in [6.07, 6.45) is 0.861. The van der Waals surface area contributed by atoms with E-state index in [2.05, 4.69) is 15.5 Å². The average Bonchev–Trinajstić information content (AvgIpc) is 3.15. The maximum absolute atomic E-state index is 13.5. The summed E-state index contributed by atoms with van der Waals surface area (Å²) >= 11 is 6.19. The van der Waals surface area contributed by atoms with E-state index in [1.165, 1.54) is 32.6 Å². The molecule has 2 N–H and O–H groups in total. The largest absolute Gasteiger partial charge is 0.421 e. The molecule has 162 valence electrons. The molecule has 0 saturated heterocycles. The van der Waals surface area contributed by atoms with Crippen molar-refractivity contribution in [3.63, 3.8) is 0 Å². The molecule has 0 bridgehead atoms. The number of nitrogens with zero attached hydrogens (tertiary/aromatic N) is 4. The Kier molecular flexibility index (Phi) is 4.92. The fraction of sp³-hybridized carbons (Fsp3) is 0.300. The molecule has 1 aromatic carbocycles. The summed E-state index contributed by atoms with van der Waals surface area (Å²) in [6.45, 7) is 1.29. The van der Waals surface area contributed by atoms with Gasteiger partial charge < -0.3 is 10.7 Å². The van der Waals surface area contributed by atoms with Crippen LogP contribution in [0.25, 0.3) is 16.9 Å². The van der Waals surface area contributed by atoms with Crippen molar-refractivity contribution in [2.24, 2.45) is 7.05 Å². The number of aromatic nitrogens is 4. The Labute approximate surface area is 180 Å². The van der Waals surface area contributed by atoms with Crippen molar-refractivity contribution in [3.8, 4) is 16.9 Å². The third-order valence-corrected chi connectivity index (χ3v) is 5.58. The average molecular weight is 451 g/mol. The number of benzene rings is 1. The minimum atomic E-state index is -4.58. The van der Waals surface area contributed by atoms with Gasteiger partial charge in [-0.1, -0.05) is 17.7 Å². The zero-order valence-corrected chi connectivity index (χ0v) is 17.3. The van der Waals surface area contributed by atoms with E-state index in [9.17, 15) is 18.0 Å². The van der Waals surface area contributed by atoms with Crippen LogP contribution in [0.2, 0.25) is 5.02 Å². The number of hydrogen-bond donors (Lipinski definition) is 2. The van der Waals surface area contributed by atoms with Crippen LogP contribution in [0.1, 0.15) is 34.5 Å². The van der Waals surface area contributed by atoms with E-state index < -0.39 is 23.2 Å². The number of halogens is 4. The molecule has 1 aliphatic rings. The molecule has 4 rings (SSSR count). The molecule has 1 aliphatic carbocycles. The number of amides is 1. The number of carbonyl (C=O) groups is 1. The van der Waals surface area contributed by atoms with Crippen LogP contribution >= 0.6 is 11.6 Å². The fourth-order valence-corrected chi connectivity index (χ4v) is 3.64. The smallest absolute Gasteiger partial charge is 0.342 e. The maximum atomic E-state index is 13.5. The lowest BCUT2D eigenvalue weighted by Crippen LogP contribution is -2.37. The summed E-state index contributed by atoms with van der Waals surface area (Å²) in [5, 5.41) is 18.4. The van der Waals surface area contributed by atoms with Crippen molar-refractivity contribution in [2.75, 3.05) is 0 Å². The summed E-state index contributed by atoms with van der Waals surface area (Å²) in [5.74, 6) is -0.619. The van der Waals surface area contributed by atoms with Crippen LogP contribution in [0, 0.1) is 12.3 Å². The van der Waals surface area contributed by atoms with Gasteiger partial charge in [0, 0.05) is 25.0 Å². The lowest BCUT2D eigenvalue weighted by molar-refractivity contribution is -0.138. The Balaban J connectivity index is 1.70. The van der Waals surface area contributed by atoms with Crippen LogP contribution in [0.15, 0.2) is 30.6 Å². The Bertz CT molecular complexity index is 1190. The Hall–Kier alpha value is -3.14. The molecule has 1 fully saturated rings. The van der Waals surface area contributed by atoms with Gasteiger partial charge in [0.1, 0.15) is 5.56 Å².